The largest absolute Gasteiger partial charge is 0.490 e. The third-order valence-corrected chi connectivity index (χ3v) is 4.12. The smallest absolute Gasteiger partial charge is 0.336 e. The van der Waals surface area contributed by atoms with Crippen molar-refractivity contribution in [1.29, 1.82) is 0 Å². The lowest BCUT2D eigenvalue weighted by molar-refractivity contribution is 0.253. The van der Waals surface area contributed by atoms with E-state index in [0.29, 0.717) is 18.6 Å². The van der Waals surface area contributed by atoms with Crippen LogP contribution in [0.3, 0.4) is 0 Å². The van der Waals surface area contributed by atoms with E-state index in [4.69, 9.17) is 13.9 Å². The van der Waals surface area contributed by atoms with Crippen LogP contribution in [0.25, 0.3) is 11.0 Å². The van der Waals surface area contributed by atoms with E-state index < -0.39 is 0 Å². The lowest BCUT2D eigenvalue weighted by Crippen LogP contribution is -2.13. The van der Waals surface area contributed by atoms with Crippen LogP contribution in [-0.2, 0) is 11.2 Å². The molecule has 2 heterocycles. The molecule has 1 aliphatic rings. The minimum absolute atomic E-state index is 0.108. The highest BCUT2D eigenvalue weighted by Crippen LogP contribution is 2.36. The Hall–Kier alpha value is -2.07. The Morgan fingerprint density at radius 1 is 1.26 bits per heavy atom. The monoisotopic (exact) mass is 314 g/mol. The minimum Gasteiger partial charge on any atom is -0.490 e. The fraction of sp³-hybridized carbons (Fsp3) is 0.421. The van der Waals surface area contributed by atoms with E-state index in [9.17, 15) is 4.79 Å². The van der Waals surface area contributed by atoms with Crippen LogP contribution in [-0.4, -0.2) is 18.3 Å². The van der Waals surface area contributed by atoms with Crippen molar-refractivity contribution in [1.82, 2.24) is 0 Å². The van der Waals surface area contributed by atoms with Gasteiger partial charge < -0.3 is 13.9 Å². The SMILES string of the molecule is CC(C)=CCc1c(OCC2OC2(C)C)ccc2ccc(=O)oc12. The van der Waals surface area contributed by atoms with E-state index in [1.807, 2.05) is 39.8 Å². The molecule has 0 aliphatic carbocycles. The molecule has 1 unspecified atom stereocenters. The van der Waals surface area contributed by atoms with Gasteiger partial charge in [0.05, 0.1) is 5.60 Å². The van der Waals surface area contributed by atoms with Crippen molar-refractivity contribution in [3.8, 4) is 5.75 Å². The maximum atomic E-state index is 11.6. The highest BCUT2D eigenvalue weighted by molar-refractivity contribution is 5.82. The minimum atomic E-state index is -0.347. The van der Waals surface area contributed by atoms with Crippen LogP contribution in [0, 0.1) is 0 Å². The first-order valence-electron chi connectivity index (χ1n) is 7.86. The van der Waals surface area contributed by atoms with Crippen molar-refractivity contribution < 1.29 is 13.9 Å². The van der Waals surface area contributed by atoms with Crippen LogP contribution >= 0.6 is 0 Å². The van der Waals surface area contributed by atoms with Crippen LogP contribution in [0.4, 0.5) is 0 Å². The molecule has 4 nitrogen and oxygen atoms in total. The second-order valence-electron chi connectivity index (χ2n) is 6.72. The van der Waals surface area contributed by atoms with Gasteiger partial charge in [0.2, 0.25) is 0 Å². The van der Waals surface area contributed by atoms with Crippen molar-refractivity contribution in [3.05, 3.63) is 51.9 Å². The number of hydrogen-bond donors (Lipinski definition) is 0. The molecule has 2 aromatic rings. The van der Waals surface area contributed by atoms with Crippen LogP contribution < -0.4 is 10.4 Å². The van der Waals surface area contributed by atoms with Gasteiger partial charge in [-0.05, 0) is 52.3 Å². The van der Waals surface area contributed by atoms with Crippen molar-refractivity contribution in [2.45, 2.75) is 45.8 Å². The van der Waals surface area contributed by atoms with Crippen LogP contribution in [0.15, 0.2) is 45.1 Å². The Labute approximate surface area is 135 Å². The Bertz CT molecular complexity index is 810. The molecule has 0 amide bonds. The highest BCUT2D eigenvalue weighted by atomic mass is 16.6. The van der Waals surface area contributed by atoms with Gasteiger partial charge in [0.15, 0.2) is 0 Å². The van der Waals surface area contributed by atoms with Gasteiger partial charge in [0.1, 0.15) is 24.0 Å². The Balaban J connectivity index is 1.96. The predicted molar refractivity (Wildman–Crippen MR) is 90.1 cm³/mol. The number of allylic oxidation sites excluding steroid dienone is 2. The summed E-state index contributed by atoms with van der Waals surface area (Å²) in [4.78, 5) is 11.6. The molecule has 4 heteroatoms. The zero-order valence-electron chi connectivity index (χ0n) is 14.0. The standard InChI is InChI=1S/C19H22O4/c1-12(2)5-8-14-15(21-11-16-19(3,4)23-16)9-6-13-7-10-17(20)22-18(13)14/h5-7,9-10,16H,8,11H2,1-4H3. The summed E-state index contributed by atoms with van der Waals surface area (Å²) in [7, 11) is 0. The molecule has 122 valence electrons. The van der Waals surface area contributed by atoms with Gasteiger partial charge in [0.25, 0.3) is 0 Å². The molecule has 0 bridgehead atoms. The van der Waals surface area contributed by atoms with Crippen molar-refractivity contribution in [3.63, 3.8) is 0 Å². The Kier molecular flexibility index (Phi) is 4.02. The zero-order chi connectivity index (χ0) is 16.6. The predicted octanol–water partition coefficient (Wildman–Crippen LogP) is 3.86. The summed E-state index contributed by atoms with van der Waals surface area (Å²) in [5, 5.41) is 0.900. The van der Waals surface area contributed by atoms with Crippen molar-refractivity contribution >= 4 is 11.0 Å². The summed E-state index contributed by atoms with van der Waals surface area (Å²) in [6, 6.07) is 7.07. The van der Waals surface area contributed by atoms with Gasteiger partial charge in [-0.15, -0.1) is 0 Å². The van der Waals surface area contributed by atoms with E-state index in [0.717, 1.165) is 16.7 Å². The molecule has 0 spiro atoms. The lowest BCUT2D eigenvalue weighted by Gasteiger charge is -2.12. The Morgan fingerprint density at radius 2 is 1.96 bits per heavy atom. The third-order valence-electron chi connectivity index (χ3n) is 4.12. The normalized spacial score (nSPS) is 18.7. The van der Waals surface area contributed by atoms with Gasteiger partial charge in [0, 0.05) is 17.0 Å². The van der Waals surface area contributed by atoms with E-state index >= 15 is 0 Å². The van der Waals surface area contributed by atoms with Crippen LogP contribution in [0.5, 0.6) is 5.75 Å². The van der Waals surface area contributed by atoms with E-state index in [1.54, 1.807) is 6.07 Å². The average molecular weight is 314 g/mol. The number of hydrogen-bond acceptors (Lipinski definition) is 4. The summed E-state index contributed by atoms with van der Waals surface area (Å²) in [5.41, 5.74) is 2.25. The van der Waals surface area contributed by atoms with Gasteiger partial charge in [-0.1, -0.05) is 11.6 Å². The molecule has 1 aromatic carbocycles. The number of rotatable bonds is 5. The summed E-state index contributed by atoms with van der Waals surface area (Å²) in [6.45, 7) is 8.68. The van der Waals surface area contributed by atoms with Gasteiger partial charge in [-0.2, -0.15) is 0 Å². The third kappa shape index (κ3) is 3.48. The fourth-order valence-corrected chi connectivity index (χ4v) is 2.54. The maximum Gasteiger partial charge on any atom is 0.336 e. The van der Waals surface area contributed by atoms with Crippen molar-refractivity contribution in [2.75, 3.05) is 6.61 Å². The molecule has 1 atom stereocenters. The number of benzene rings is 1. The van der Waals surface area contributed by atoms with Gasteiger partial charge >= 0.3 is 5.63 Å². The molecule has 1 aromatic heterocycles. The molecule has 3 rings (SSSR count). The first-order valence-corrected chi connectivity index (χ1v) is 7.86. The first kappa shape index (κ1) is 15.8. The van der Waals surface area contributed by atoms with Gasteiger partial charge in [-0.3, -0.25) is 0 Å². The average Bonchev–Trinajstić information content (AvgIpc) is 3.10. The molecular weight excluding hydrogens is 292 g/mol. The maximum absolute atomic E-state index is 11.6. The summed E-state index contributed by atoms with van der Waals surface area (Å²) in [5.74, 6) is 0.746. The number of epoxide rings is 1. The number of fused-ring (bicyclic) bond motifs is 1. The summed E-state index contributed by atoms with van der Waals surface area (Å²) in [6.07, 6.45) is 2.88. The zero-order valence-corrected chi connectivity index (χ0v) is 14.0. The number of ether oxygens (including phenoxy) is 2. The van der Waals surface area contributed by atoms with Crippen LogP contribution in [0.1, 0.15) is 33.3 Å². The van der Waals surface area contributed by atoms with E-state index in [1.165, 1.54) is 11.6 Å². The molecule has 1 fully saturated rings. The molecular formula is C19H22O4. The fourth-order valence-electron chi connectivity index (χ4n) is 2.54. The molecule has 1 saturated heterocycles. The molecule has 0 N–H and O–H groups in total. The molecule has 1 aliphatic heterocycles. The van der Waals surface area contributed by atoms with Crippen LogP contribution in [0.2, 0.25) is 0 Å². The second kappa shape index (κ2) is 5.85. The van der Waals surface area contributed by atoms with E-state index in [2.05, 4.69) is 6.08 Å². The summed E-state index contributed by atoms with van der Waals surface area (Å²) >= 11 is 0. The van der Waals surface area contributed by atoms with Gasteiger partial charge in [-0.25, -0.2) is 4.79 Å². The lowest BCUT2D eigenvalue weighted by atomic mass is 10.1. The molecule has 0 saturated carbocycles. The molecule has 0 radical (unpaired) electrons. The van der Waals surface area contributed by atoms with E-state index in [-0.39, 0.29) is 17.3 Å². The second-order valence-corrected chi connectivity index (χ2v) is 6.72. The highest BCUT2D eigenvalue weighted by Gasteiger charge is 2.48. The molecule has 23 heavy (non-hydrogen) atoms. The first-order chi connectivity index (χ1) is 10.9. The van der Waals surface area contributed by atoms with Crippen molar-refractivity contribution in [2.24, 2.45) is 0 Å². The Morgan fingerprint density at radius 3 is 2.61 bits per heavy atom. The topological polar surface area (TPSA) is 52.0 Å². The quantitative estimate of drug-likeness (QED) is 0.478. The summed E-state index contributed by atoms with van der Waals surface area (Å²) < 4.78 is 17.0.